The first-order chi connectivity index (χ1) is 15.5. The lowest BCUT2D eigenvalue weighted by molar-refractivity contribution is -0.111. The third-order valence-electron chi connectivity index (χ3n) is 5.09. The monoisotopic (exact) mass is 451 g/mol. The molecule has 0 radical (unpaired) electrons. The van der Waals surface area contributed by atoms with E-state index in [0.29, 0.717) is 54.3 Å². The third kappa shape index (κ3) is 4.35. The number of nitriles is 1. The Morgan fingerprint density at radius 2 is 2.09 bits per heavy atom. The predicted octanol–water partition coefficient (Wildman–Crippen LogP) is 4.60. The smallest absolute Gasteiger partial charge is 0.247 e. The van der Waals surface area contributed by atoms with E-state index in [1.165, 1.54) is 30.5 Å². The van der Waals surface area contributed by atoms with E-state index in [9.17, 15) is 14.4 Å². The fraction of sp³-hybridized carbons (Fsp3) is 0.174. The van der Waals surface area contributed by atoms with Crippen LogP contribution in [0.1, 0.15) is 5.56 Å². The summed E-state index contributed by atoms with van der Waals surface area (Å²) in [7, 11) is 0. The van der Waals surface area contributed by atoms with Crippen LogP contribution < -0.4 is 15.5 Å². The van der Waals surface area contributed by atoms with Gasteiger partial charge in [0.25, 0.3) is 0 Å². The van der Waals surface area contributed by atoms with Crippen LogP contribution in [0.25, 0.3) is 10.9 Å². The Bertz CT molecular complexity index is 1250. The molecule has 0 bridgehead atoms. The SMILES string of the molecule is C=CC(=O)Nc1cc2c(Nc3ccc(F)c(Cl)c3)c(C#N)cnc2cc1N1CCOCC1. The van der Waals surface area contributed by atoms with Crippen molar-refractivity contribution in [2.75, 3.05) is 41.8 Å². The topological polar surface area (TPSA) is 90.3 Å². The Morgan fingerprint density at radius 3 is 2.78 bits per heavy atom. The molecule has 0 aliphatic carbocycles. The van der Waals surface area contributed by atoms with Crippen LogP contribution >= 0.6 is 11.6 Å². The summed E-state index contributed by atoms with van der Waals surface area (Å²) in [6.45, 7) is 6.00. The summed E-state index contributed by atoms with van der Waals surface area (Å²) in [4.78, 5) is 18.7. The molecule has 32 heavy (non-hydrogen) atoms. The number of amides is 1. The van der Waals surface area contributed by atoms with E-state index in [1.807, 2.05) is 6.07 Å². The quantitative estimate of drug-likeness (QED) is 0.551. The number of pyridine rings is 1. The van der Waals surface area contributed by atoms with Crippen molar-refractivity contribution < 1.29 is 13.9 Å². The summed E-state index contributed by atoms with van der Waals surface area (Å²) in [5.74, 6) is -0.898. The van der Waals surface area contributed by atoms with Crippen molar-refractivity contribution in [1.29, 1.82) is 5.26 Å². The normalized spacial score (nSPS) is 13.5. The molecular formula is C23H19ClFN5O2. The molecule has 2 heterocycles. The fourth-order valence-electron chi connectivity index (χ4n) is 3.52. The molecule has 9 heteroatoms. The number of nitrogens with one attached hydrogen (secondary N) is 2. The Kier molecular flexibility index (Phi) is 6.21. The molecule has 1 saturated heterocycles. The summed E-state index contributed by atoms with van der Waals surface area (Å²) in [6.07, 6.45) is 2.66. The molecule has 1 aliphatic heterocycles. The van der Waals surface area contributed by atoms with Crippen molar-refractivity contribution in [3.8, 4) is 6.07 Å². The average molecular weight is 452 g/mol. The van der Waals surface area contributed by atoms with Gasteiger partial charge in [-0.1, -0.05) is 18.2 Å². The van der Waals surface area contributed by atoms with Crippen molar-refractivity contribution in [3.63, 3.8) is 0 Å². The number of benzene rings is 2. The van der Waals surface area contributed by atoms with Crippen LogP contribution in [0.15, 0.2) is 49.2 Å². The number of hydrogen-bond donors (Lipinski definition) is 2. The fourth-order valence-corrected chi connectivity index (χ4v) is 3.70. The van der Waals surface area contributed by atoms with Crippen LogP contribution in [-0.2, 0) is 9.53 Å². The second-order valence-electron chi connectivity index (χ2n) is 7.09. The van der Waals surface area contributed by atoms with Gasteiger partial charge in [-0.25, -0.2) is 4.39 Å². The number of aromatic nitrogens is 1. The summed E-state index contributed by atoms with van der Waals surface area (Å²) in [5, 5.41) is 16.2. The zero-order valence-electron chi connectivity index (χ0n) is 17.0. The minimum absolute atomic E-state index is 0.0413. The number of carbonyl (C=O) groups excluding carboxylic acids is 1. The molecule has 4 rings (SSSR count). The van der Waals surface area contributed by atoms with Gasteiger partial charge in [0.2, 0.25) is 5.91 Å². The minimum atomic E-state index is -0.540. The Balaban J connectivity index is 1.87. The second-order valence-corrected chi connectivity index (χ2v) is 7.50. The number of hydrogen-bond acceptors (Lipinski definition) is 6. The van der Waals surface area contributed by atoms with Crippen molar-refractivity contribution in [2.45, 2.75) is 0 Å². The zero-order valence-corrected chi connectivity index (χ0v) is 17.7. The lowest BCUT2D eigenvalue weighted by Gasteiger charge is -2.31. The highest BCUT2D eigenvalue weighted by Crippen LogP contribution is 2.37. The van der Waals surface area contributed by atoms with E-state index in [2.05, 4.69) is 33.2 Å². The third-order valence-corrected chi connectivity index (χ3v) is 5.38. The van der Waals surface area contributed by atoms with Gasteiger partial charge in [0.05, 0.1) is 46.4 Å². The number of anilines is 4. The van der Waals surface area contributed by atoms with Gasteiger partial charge in [-0.15, -0.1) is 0 Å². The lowest BCUT2D eigenvalue weighted by atomic mass is 10.1. The highest BCUT2D eigenvalue weighted by Gasteiger charge is 2.19. The predicted molar refractivity (Wildman–Crippen MR) is 123 cm³/mol. The first-order valence-corrected chi connectivity index (χ1v) is 10.2. The standard InChI is InChI=1S/C23H19ClFN5O2/c1-2-22(31)29-20-10-16-19(11-21(20)30-5-7-32-8-6-30)27-13-14(12-26)23(16)28-15-3-4-18(25)17(24)9-15/h2-4,9-11,13H,1,5-8H2,(H,27,28)(H,29,31). The van der Waals surface area contributed by atoms with E-state index >= 15 is 0 Å². The van der Waals surface area contributed by atoms with E-state index in [-0.39, 0.29) is 16.5 Å². The van der Waals surface area contributed by atoms with Gasteiger partial charge in [0.15, 0.2) is 0 Å². The van der Waals surface area contributed by atoms with Crippen LogP contribution in [0.3, 0.4) is 0 Å². The maximum Gasteiger partial charge on any atom is 0.247 e. The van der Waals surface area contributed by atoms with Crippen LogP contribution in [0, 0.1) is 17.1 Å². The van der Waals surface area contributed by atoms with Gasteiger partial charge < -0.3 is 20.3 Å². The maximum atomic E-state index is 13.6. The minimum Gasteiger partial charge on any atom is -0.378 e. The van der Waals surface area contributed by atoms with Crippen molar-refractivity contribution >= 4 is 51.2 Å². The Hall–Kier alpha value is -3.67. The molecule has 0 unspecified atom stereocenters. The van der Waals surface area contributed by atoms with E-state index < -0.39 is 5.82 Å². The molecule has 2 N–H and O–H groups in total. The molecule has 0 spiro atoms. The molecule has 2 aromatic carbocycles. The van der Waals surface area contributed by atoms with E-state index in [4.69, 9.17) is 16.3 Å². The molecule has 0 atom stereocenters. The summed E-state index contributed by atoms with van der Waals surface area (Å²) < 4.78 is 19.0. The molecule has 0 saturated carbocycles. The van der Waals surface area contributed by atoms with Gasteiger partial charge in [-0.3, -0.25) is 9.78 Å². The number of rotatable bonds is 5. The van der Waals surface area contributed by atoms with Gasteiger partial charge in [0, 0.05) is 30.4 Å². The van der Waals surface area contributed by atoms with E-state index in [1.54, 1.807) is 6.07 Å². The van der Waals surface area contributed by atoms with Crippen molar-refractivity contribution in [3.05, 3.63) is 65.6 Å². The van der Waals surface area contributed by atoms with Crippen LogP contribution in [0.4, 0.5) is 27.1 Å². The molecule has 1 amide bonds. The maximum absolute atomic E-state index is 13.6. The second kappa shape index (κ2) is 9.22. The number of fused-ring (bicyclic) bond motifs is 1. The van der Waals surface area contributed by atoms with Gasteiger partial charge in [-0.2, -0.15) is 5.26 Å². The van der Waals surface area contributed by atoms with E-state index in [0.717, 1.165) is 5.69 Å². The first-order valence-electron chi connectivity index (χ1n) is 9.85. The summed E-state index contributed by atoms with van der Waals surface area (Å²) in [6, 6.07) is 9.96. The summed E-state index contributed by atoms with van der Waals surface area (Å²) in [5.41, 5.74) is 3.25. The van der Waals surface area contributed by atoms with Crippen molar-refractivity contribution in [2.24, 2.45) is 0 Å². The number of morpholine rings is 1. The van der Waals surface area contributed by atoms with Crippen LogP contribution in [0.5, 0.6) is 0 Å². The molecule has 1 aliphatic rings. The van der Waals surface area contributed by atoms with Gasteiger partial charge in [-0.05, 0) is 36.4 Å². The molecule has 162 valence electrons. The molecule has 3 aromatic rings. The number of ether oxygens (including phenoxy) is 1. The molecule has 7 nitrogen and oxygen atoms in total. The Labute approximate surface area is 189 Å². The van der Waals surface area contributed by atoms with Crippen molar-refractivity contribution in [1.82, 2.24) is 4.98 Å². The zero-order chi connectivity index (χ0) is 22.7. The number of halogens is 2. The lowest BCUT2D eigenvalue weighted by Crippen LogP contribution is -2.36. The van der Waals surface area contributed by atoms with Crippen LogP contribution in [0.2, 0.25) is 5.02 Å². The van der Waals surface area contributed by atoms with Crippen LogP contribution in [-0.4, -0.2) is 37.2 Å². The summed E-state index contributed by atoms with van der Waals surface area (Å²) >= 11 is 5.91. The largest absolute Gasteiger partial charge is 0.378 e. The Morgan fingerprint density at radius 1 is 1.31 bits per heavy atom. The van der Waals surface area contributed by atoms with Gasteiger partial charge in [0.1, 0.15) is 11.9 Å². The van der Waals surface area contributed by atoms with Gasteiger partial charge >= 0.3 is 0 Å². The molecular weight excluding hydrogens is 433 g/mol. The highest BCUT2D eigenvalue weighted by molar-refractivity contribution is 6.31. The average Bonchev–Trinajstić information content (AvgIpc) is 2.82. The number of nitrogens with zero attached hydrogens (tertiary/aromatic N) is 3. The number of carbonyl (C=O) groups is 1. The highest BCUT2D eigenvalue weighted by atomic mass is 35.5. The molecule has 1 aromatic heterocycles. The molecule has 1 fully saturated rings. The first kappa shape index (κ1) is 21.6.